The molecule has 0 bridgehead atoms. The van der Waals surface area contributed by atoms with Gasteiger partial charge in [-0.05, 0) is 26.7 Å². The number of carbonyl (C=O) groups excluding carboxylic acids is 3. The fraction of sp³-hybridized carbons (Fsp3) is 0.842. The topological polar surface area (TPSA) is 73.0 Å². The number of rotatable bonds is 5. The lowest BCUT2D eigenvalue weighted by Crippen LogP contribution is -2.53. The molecule has 3 rings (SSSR count). The van der Waals surface area contributed by atoms with E-state index >= 15 is 0 Å². The summed E-state index contributed by atoms with van der Waals surface area (Å²) in [6.07, 6.45) is 4.93. The SMILES string of the molecule is CC(C)NC(=O)CN1CCN(C(=O)C2CC(=O)N(C3CCCC3)C2)CC1. The van der Waals surface area contributed by atoms with E-state index in [1.807, 2.05) is 23.6 Å². The molecule has 0 spiro atoms. The summed E-state index contributed by atoms with van der Waals surface area (Å²) in [5.74, 6) is 0.122. The van der Waals surface area contributed by atoms with E-state index in [1.165, 1.54) is 12.8 Å². The quantitative estimate of drug-likeness (QED) is 0.769. The number of hydrogen-bond acceptors (Lipinski definition) is 4. The first-order valence-electron chi connectivity index (χ1n) is 10.0. The van der Waals surface area contributed by atoms with Gasteiger partial charge < -0.3 is 15.1 Å². The molecule has 1 saturated carbocycles. The molecule has 0 aromatic rings. The molecule has 2 aliphatic heterocycles. The summed E-state index contributed by atoms with van der Waals surface area (Å²) in [6, 6.07) is 0.504. The zero-order valence-electron chi connectivity index (χ0n) is 16.1. The minimum atomic E-state index is -0.182. The van der Waals surface area contributed by atoms with Crippen LogP contribution in [0.3, 0.4) is 0 Å². The van der Waals surface area contributed by atoms with Crippen LogP contribution in [0, 0.1) is 5.92 Å². The molecule has 2 saturated heterocycles. The number of amides is 3. The van der Waals surface area contributed by atoms with E-state index in [0.29, 0.717) is 51.7 Å². The molecule has 0 aromatic carbocycles. The Labute approximate surface area is 156 Å². The Morgan fingerprint density at radius 3 is 2.38 bits per heavy atom. The summed E-state index contributed by atoms with van der Waals surface area (Å²) < 4.78 is 0. The van der Waals surface area contributed by atoms with E-state index in [4.69, 9.17) is 0 Å². The monoisotopic (exact) mass is 364 g/mol. The summed E-state index contributed by atoms with van der Waals surface area (Å²) >= 11 is 0. The lowest BCUT2D eigenvalue weighted by Gasteiger charge is -2.35. The molecule has 2 heterocycles. The van der Waals surface area contributed by atoms with Gasteiger partial charge >= 0.3 is 0 Å². The minimum Gasteiger partial charge on any atom is -0.353 e. The van der Waals surface area contributed by atoms with Crippen LogP contribution in [-0.4, -0.2) is 83.8 Å². The van der Waals surface area contributed by atoms with E-state index in [9.17, 15) is 14.4 Å². The number of likely N-dealkylation sites (tertiary alicyclic amines) is 1. The molecule has 3 amide bonds. The second-order valence-electron chi connectivity index (χ2n) is 8.21. The zero-order chi connectivity index (χ0) is 18.7. The molecule has 7 heteroatoms. The van der Waals surface area contributed by atoms with Crippen molar-refractivity contribution >= 4 is 17.7 Å². The number of nitrogens with one attached hydrogen (secondary N) is 1. The van der Waals surface area contributed by atoms with Crippen molar-refractivity contribution in [1.29, 1.82) is 0 Å². The standard InChI is InChI=1S/C19H32N4O3/c1-14(2)20-17(24)13-21-7-9-22(10-8-21)19(26)15-11-18(25)23(12-15)16-5-3-4-6-16/h14-16H,3-13H2,1-2H3,(H,20,24). The van der Waals surface area contributed by atoms with E-state index < -0.39 is 0 Å². The number of piperazine rings is 1. The van der Waals surface area contributed by atoms with Gasteiger partial charge in [-0.25, -0.2) is 0 Å². The lowest BCUT2D eigenvalue weighted by molar-refractivity contribution is -0.137. The van der Waals surface area contributed by atoms with Gasteiger partial charge in [0, 0.05) is 51.2 Å². The van der Waals surface area contributed by atoms with E-state index in [2.05, 4.69) is 10.2 Å². The first-order valence-corrected chi connectivity index (χ1v) is 10.0. The number of nitrogens with zero attached hydrogens (tertiary/aromatic N) is 3. The molecule has 146 valence electrons. The van der Waals surface area contributed by atoms with Crippen molar-refractivity contribution in [3.8, 4) is 0 Å². The first kappa shape index (κ1) is 19.1. The Balaban J connectivity index is 1.45. The van der Waals surface area contributed by atoms with Crippen LogP contribution in [0.4, 0.5) is 0 Å². The largest absolute Gasteiger partial charge is 0.353 e. The third kappa shape index (κ3) is 4.55. The van der Waals surface area contributed by atoms with Crippen molar-refractivity contribution < 1.29 is 14.4 Å². The molecule has 3 fully saturated rings. The molecule has 1 N–H and O–H groups in total. The van der Waals surface area contributed by atoms with E-state index in [0.717, 1.165) is 12.8 Å². The van der Waals surface area contributed by atoms with Crippen LogP contribution in [0.5, 0.6) is 0 Å². The summed E-state index contributed by atoms with van der Waals surface area (Å²) in [5, 5.41) is 2.90. The highest BCUT2D eigenvalue weighted by Crippen LogP contribution is 2.30. The van der Waals surface area contributed by atoms with Gasteiger partial charge in [0.15, 0.2) is 0 Å². The van der Waals surface area contributed by atoms with Crippen molar-refractivity contribution in [2.45, 2.75) is 58.0 Å². The van der Waals surface area contributed by atoms with Gasteiger partial charge in [0.25, 0.3) is 0 Å². The van der Waals surface area contributed by atoms with E-state index in [-0.39, 0.29) is 29.7 Å². The summed E-state index contributed by atoms with van der Waals surface area (Å²) in [6.45, 7) is 7.59. The van der Waals surface area contributed by atoms with Crippen LogP contribution in [0.2, 0.25) is 0 Å². The van der Waals surface area contributed by atoms with Crippen LogP contribution >= 0.6 is 0 Å². The van der Waals surface area contributed by atoms with Crippen LogP contribution < -0.4 is 5.32 Å². The maximum absolute atomic E-state index is 12.8. The Hall–Kier alpha value is -1.63. The van der Waals surface area contributed by atoms with Gasteiger partial charge in [-0.2, -0.15) is 0 Å². The Morgan fingerprint density at radius 2 is 1.77 bits per heavy atom. The Morgan fingerprint density at radius 1 is 1.12 bits per heavy atom. The van der Waals surface area contributed by atoms with Crippen LogP contribution in [-0.2, 0) is 14.4 Å². The lowest BCUT2D eigenvalue weighted by atomic mass is 10.1. The van der Waals surface area contributed by atoms with Crippen molar-refractivity contribution in [1.82, 2.24) is 20.0 Å². The molecule has 1 unspecified atom stereocenters. The smallest absolute Gasteiger partial charge is 0.234 e. The molecule has 7 nitrogen and oxygen atoms in total. The first-order chi connectivity index (χ1) is 12.4. The highest BCUT2D eigenvalue weighted by atomic mass is 16.2. The van der Waals surface area contributed by atoms with Gasteiger partial charge in [-0.3, -0.25) is 19.3 Å². The molecular formula is C19H32N4O3. The molecule has 0 aromatic heterocycles. The molecular weight excluding hydrogens is 332 g/mol. The van der Waals surface area contributed by atoms with Crippen LogP contribution in [0.25, 0.3) is 0 Å². The summed E-state index contributed by atoms with van der Waals surface area (Å²) in [4.78, 5) is 43.0. The third-order valence-electron chi connectivity index (χ3n) is 5.77. The number of carbonyl (C=O) groups is 3. The zero-order valence-corrected chi connectivity index (χ0v) is 16.1. The minimum absolute atomic E-state index is 0.0355. The predicted octanol–water partition coefficient (Wildman–Crippen LogP) is 0.446. The average Bonchev–Trinajstić information content (AvgIpc) is 3.23. The van der Waals surface area contributed by atoms with Gasteiger partial charge in [-0.1, -0.05) is 12.8 Å². The number of hydrogen-bond donors (Lipinski definition) is 1. The van der Waals surface area contributed by atoms with Gasteiger partial charge in [0.1, 0.15) is 0 Å². The van der Waals surface area contributed by atoms with Crippen LogP contribution in [0.15, 0.2) is 0 Å². The summed E-state index contributed by atoms with van der Waals surface area (Å²) in [5.41, 5.74) is 0. The molecule has 26 heavy (non-hydrogen) atoms. The second kappa shape index (κ2) is 8.37. The van der Waals surface area contributed by atoms with Crippen molar-refractivity contribution in [2.75, 3.05) is 39.3 Å². The fourth-order valence-electron chi connectivity index (χ4n) is 4.42. The predicted molar refractivity (Wildman–Crippen MR) is 98.4 cm³/mol. The second-order valence-corrected chi connectivity index (χ2v) is 8.21. The highest BCUT2D eigenvalue weighted by molar-refractivity contribution is 5.89. The third-order valence-corrected chi connectivity index (χ3v) is 5.77. The van der Waals surface area contributed by atoms with Gasteiger partial charge in [0.2, 0.25) is 17.7 Å². The van der Waals surface area contributed by atoms with Gasteiger partial charge in [0.05, 0.1) is 12.5 Å². The maximum Gasteiger partial charge on any atom is 0.234 e. The average molecular weight is 364 g/mol. The van der Waals surface area contributed by atoms with Crippen molar-refractivity contribution in [3.63, 3.8) is 0 Å². The highest BCUT2D eigenvalue weighted by Gasteiger charge is 2.40. The van der Waals surface area contributed by atoms with Crippen molar-refractivity contribution in [2.24, 2.45) is 5.92 Å². The maximum atomic E-state index is 12.8. The van der Waals surface area contributed by atoms with Crippen molar-refractivity contribution in [3.05, 3.63) is 0 Å². The van der Waals surface area contributed by atoms with E-state index in [1.54, 1.807) is 0 Å². The Kier molecular flexibility index (Phi) is 6.16. The molecule has 1 atom stereocenters. The van der Waals surface area contributed by atoms with Crippen LogP contribution in [0.1, 0.15) is 46.0 Å². The summed E-state index contributed by atoms with van der Waals surface area (Å²) in [7, 11) is 0. The molecule has 0 radical (unpaired) electrons. The molecule has 3 aliphatic rings. The fourth-order valence-corrected chi connectivity index (χ4v) is 4.42. The van der Waals surface area contributed by atoms with Gasteiger partial charge in [-0.15, -0.1) is 0 Å². The normalized spacial score (nSPS) is 25.3. The Bertz CT molecular complexity index is 537. The molecule has 1 aliphatic carbocycles.